The van der Waals surface area contributed by atoms with Gasteiger partial charge in [0.05, 0.1) is 24.4 Å². The molecule has 9 heteroatoms. The smallest absolute Gasteiger partial charge is 0.335 e. The quantitative estimate of drug-likeness (QED) is 0.222. The molecule has 1 heterocycles. The number of rotatable bonds is 10. The van der Waals surface area contributed by atoms with Gasteiger partial charge in [0.15, 0.2) is 0 Å². The summed E-state index contributed by atoms with van der Waals surface area (Å²) in [6, 6.07) is 30.6. The molecule has 0 spiro atoms. The van der Waals surface area contributed by atoms with Gasteiger partial charge in [-0.1, -0.05) is 66.7 Å². The summed E-state index contributed by atoms with van der Waals surface area (Å²) in [5.74, 6) is -0.559. The molecule has 0 bridgehead atoms. The molecule has 0 aliphatic heterocycles. The topological polar surface area (TPSA) is 101 Å². The molecule has 0 fully saturated rings. The van der Waals surface area contributed by atoms with E-state index in [1.54, 1.807) is 18.2 Å². The first-order valence-corrected chi connectivity index (χ1v) is 14.5. The molecule has 0 unspecified atom stereocenters. The second kappa shape index (κ2) is 11.5. The number of anilines is 1. The van der Waals surface area contributed by atoms with Gasteiger partial charge in [0, 0.05) is 37.6 Å². The molecule has 41 heavy (non-hydrogen) atoms. The first kappa shape index (κ1) is 27.9. The van der Waals surface area contributed by atoms with Crippen molar-refractivity contribution < 1.29 is 23.1 Å². The normalized spacial score (nSPS) is 11.7. The Morgan fingerprint density at radius 2 is 1.54 bits per heavy atom. The Kier molecular flexibility index (Phi) is 7.83. The van der Waals surface area contributed by atoms with Crippen LogP contribution in [0, 0.1) is 0 Å². The van der Waals surface area contributed by atoms with Crippen molar-refractivity contribution in [3.8, 4) is 5.75 Å². The molecule has 0 saturated heterocycles. The van der Waals surface area contributed by atoms with Gasteiger partial charge in [-0.3, -0.25) is 4.72 Å². The SMILES string of the molecule is COc1cc(C(=O)O)ccc1Cc1cn(C(c2ccccc2)c2ccccc2)c2ccc(NS(=O)(=O)N(C)C)cc12. The van der Waals surface area contributed by atoms with Crippen molar-refractivity contribution in [1.82, 2.24) is 8.87 Å². The maximum atomic E-state index is 12.6. The Balaban J connectivity index is 1.71. The van der Waals surface area contributed by atoms with Gasteiger partial charge in [0.25, 0.3) is 0 Å². The first-order chi connectivity index (χ1) is 19.7. The minimum absolute atomic E-state index is 0.140. The van der Waals surface area contributed by atoms with E-state index in [2.05, 4.69) is 39.8 Å². The highest BCUT2D eigenvalue weighted by Gasteiger charge is 2.22. The Morgan fingerprint density at radius 3 is 2.10 bits per heavy atom. The van der Waals surface area contributed by atoms with Gasteiger partial charge in [0.2, 0.25) is 0 Å². The molecule has 4 aromatic carbocycles. The predicted octanol–water partition coefficient (Wildman–Crippen LogP) is 5.79. The third kappa shape index (κ3) is 5.82. The number of carboxylic acid groups (broad SMARTS) is 1. The molecule has 0 amide bonds. The minimum atomic E-state index is -3.71. The molecule has 8 nitrogen and oxygen atoms in total. The van der Waals surface area contributed by atoms with E-state index in [1.165, 1.54) is 27.3 Å². The Bertz CT molecular complexity index is 1760. The molecular formula is C32H31N3O5S. The number of carbonyl (C=O) groups is 1. The highest BCUT2D eigenvalue weighted by Crippen LogP contribution is 2.36. The molecule has 5 rings (SSSR count). The van der Waals surface area contributed by atoms with E-state index in [4.69, 9.17) is 4.74 Å². The fraction of sp³-hybridized carbons (Fsp3) is 0.156. The molecule has 0 aliphatic rings. The second-order valence-corrected chi connectivity index (χ2v) is 11.8. The van der Waals surface area contributed by atoms with Crippen molar-refractivity contribution in [1.29, 1.82) is 0 Å². The van der Waals surface area contributed by atoms with Gasteiger partial charge >= 0.3 is 16.2 Å². The van der Waals surface area contributed by atoms with Crippen LogP contribution in [0.5, 0.6) is 5.75 Å². The molecular weight excluding hydrogens is 538 g/mol. The first-order valence-electron chi connectivity index (χ1n) is 13.0. The van der Waals surface area contributed by atoms with Crippen molar-refractivity contribution >= 4 is 32.8 Å². The number of benzene rings is 4. The lowest BCUT2D eigenvalue weighted by Crippen LogP contribution is -2.28. The van der Waals surface area contributed by atoms with Crippen LogP contribution in [0.2, 0.25) is 0 Å². The van der Waals surface area contributed by atoms with Crippen LogP contribution in [0.3, 0.4) is 0 Å². The number of methoxy groups -OCH3 is 1. The van der Waals surface area contributed by atoms with Gasteiger partial charge in [-0.05, 0) is 52.6 Å². The number of hydrogen-bond donors (Lipinski definition) is 2. The maximum absolute atomic E-state index is 12.6. The lowest BCUT2D eigenvalue weighted by atomic mass is 9.98. The van der Waals surface area contributed by atoms with Crippen LogP contribution < -0.4 is 9.46 Å². The Labute approximate surface area is 239 Å². The van der Waals surface area contributed by atoms with Crippen molar-refractivity contribution in [2.45, 2.75) is 12.5 Å². The number of carboxylic acids is 1. The third-order valence-corrected chi connectivity index (χ3v) is 8.52. The molecule has 0 saturated carbocycles. The Hall–Kier alpha value is -4.60. The molecule has 0 atom stereocenters. The van der Waals surface area contributed by atoms with Crippen molar-refractivity contribution in [2.75, 3.05) is 25.9 Å². The second-order valence-electron chi connectivity index (χ2n) is 9.92. The molecule has 1 aromatic heterocycles. The summed E-state index contributed by atoms with van der Waals surface area (Å²) in [5, 5.41) is 10.3. The van der Waals surface area contributed by atoms with Gasteiger partial charge in [-0.25, -0.2) is 4.79 Å². The number of nitrogens with one attached hydrogen (secondary N) is 1. The monoisotopic (exact) mass is 569 g/mol. The van der Waals surface area contributed by atoms with Crippen LogP contribution in [0.1, 0.15) is 38.7 Å². The van der Waals surface area contributed by atoms with E-state index >= 15 is 0 Å². The summed E-state index contributed by atoms with van der Waals surface area (Å²) in [4.78, 5) is 11.5. The summed E-state index contributed by atoms with van der Waals surface area (Å²) >= 11 is 0. The van der Waals surface area contributed by atoms with Crippen molar-refractivity contribution in [3.63, 3.8) is 0 Å². The van der Waals surface area contributed by atoms with Gasteiger partial charge in [0.1, 0.15) is 5.75 Å². The summed E-state index contributed by atoms with van der Waals surface area (Å²) < 4.78 is 36.8. The Morgan fingerprint density at radius 1 is 0.902 bits per heavy atom. The molecule has 0 radical (unpaired) electrons. The van der Waals surface area contributed by atoms with Crippen LogP contribution in [0.4, 0.5) is 5.69 Å². The van der Waals surface area contributed by atoms with Crippen LogP contribution in [-0.2, 0) is 16.6 Å². The third-order valence-electron chi connectivity index (χ3n) is 7.07. The number of ether oxygens (including phenoxy) is 1. The van der Waals surface area contributed by atoms with E-state index < -0.39 is 16.2 Å². The average Bonchev–Trinajstić information content (AvgIpc) is 3.31. The molecule has 5 aromatic rings. The largest absolute Gasteiger partial charge is 0.496 e. The summed E-state index contributed by atoms with van der Waals surface area (Å²) in [6.45, 7) is 0. The zero-order valence-electron chi connectivity index (χ0n) is 23.0. The van der Waals surface area contributed by atoms with Gasteiger partial charge < -0.3 is 14.4 Å². The highest BCUT2D eigenvalue weighted by molar-refractivity contribution is 7.90. The summed E-state index contributed by atoms with van der Waals surface area (Å²) in [6.07, 6.45) is 2.52. The van der Waals surface area contributed by atoms with E-state index in [0.717, 1.165) is 37.5 Å². The molecule has 2 N–H and O–H groups in total. The van der Waals surface area contributed by atoms with Crippen LogP contribution in [0.25, 0.3) is 10.9 Å². The fourth-order valence-corrected chi connectivity index (χ4v) is 5.60. The van der Waals surface area contributed by atoms with Gasteiger partial charge in [-0.15, -0.1) is 0 Å². The highest BCUT2D eigenvalue weighted by atomic mass is 32.2. The van der Waals surface area contributed by atoms with Gasteiger partial charge in [-0.2, -0.15) is 12.7 Å². The van der Waals surface area contributed by atoms with Crippen LogP contribution in [-0.4, -0.2) is 49.6 Å². The maximum Gasteiger partial charge on any atom is 0.335 e. The predicted molar refractivity (Wildman–Crippen MR) is 161 cm³/mol. The summed E-state index contributed by atoms with van der Waals surface area (Å²) in [7, 11) is 0.752. The van der Waals surface area contributed by atoms with Crippen molar-refractivity contribution in [3.05, 3.63) is 131 Å². The van der Waals surface area contributed by atoms with E-state index in [1.807, 2.05) is 48.5 Å². The summed E-state index contributed by atoms with van der Waals surface area (Å²) in [5.41, 5.74) is 5.45. The van der Waals surface area contributed by atoms with Crippen molar-refractivity contribution in [2.24, 2.45) is 0 Å². The van der Waals surface area contributed by atoms with E-state index in [0.29, 0.717) is 17.9 Å². The zero-order valence-corrected chi connectivity index (χ0v) is 23.8. The lowest BCUT2D eigenvalue weighted by Gasteiger charge is -2.22. The number of aromatic nitrogens is 1. The van der Waals surface area contributed by atoms with E-state index in [-0.39, 0.29) is 11.6 Å². The number of fused-ring (bicyclic) bond motifs is 1. The fourth-order valence-electron chi connectivity index (χ4n) is 5.00. The standard InChI is InChI=1S/C32H31N3O5S/c1-34(2)41(38,39)33-27-16-17-29-28(20-27)26(18-24-14-15-25(32(36)37)19-30(24)40-3)21-35(29)31(22-10-6-4-7-11-22)23-12-8-5-9-13-23/h4-17,19-21,31,33H,18H2,1-3H3,(H,36,37). The number of nitrogens with zero attached hydrogens (tertiary/aromatic N) is 2. The number of hydrogen-bond acceptors (Lipinski definition) is 4. The van der Waals surface area contributed by atoms with Crippen LogP contribution in [0.15, 0.2) is 103 Å². The zero-order chi connectivity index (χ0) is 29.1. The van der Waals surface area contributed by atoms with Crippen LogP contribution >= 0.6 is 0 Å². The number of aromatic carboxylic acids is 1. The molecule has 210 valence electrons. The molecule has 0 aliphatic carbocycles. The average molecular weight is 570 g/mol. The lowest BCUT2D eigenvalue weighted by molar-refractivity contribution is 0.0696. The van der Waals surface area contributed by atoms with E-state index in [9.17, 15) is 18.3 Å². The minimum Gasteiger partial charge on any atom is -0.496 e.